The van der Waals surface area contributed by atoms with Crippen LogP contribution in [0.15, 0.2) is 53.3 Å². The second-order valence-electron chi connectivity index (χ2n) is 4.52. The third-order valence-electron chi connectivity index (χ3n) is 3.17. The molecule has 0 spiro atoms. The number of hydrogen-bond donors (Lipinski definition) is 1. The molecule has 100 valence electrons. The van der Waals surface area contributed by atoms with E-state index in [1.807, 2.05) is 37.4 Å². The van der Waals surface area contributed by atoms with Crippen molar-refractivity contribution >= 4 is 11.6 Å². The SMILES string of the molecule is C[C@@H](CNC(=O)c1ccoc1)N(C)c1ccccc1. The van der Waals surface area contributed by atoms with Gasteiger partial charge in [-0.05, 0) is 25.1 Å². The van der Waals surface area contributed by atoms with Gasteiger partial charge in [0.05, 0.1) is 11.8 Å². The minimum atomic E-state index is -0.109. The van der Waals surface area contributed by atoms with Crippen molar-refractivity contribution in [1.82, 2.24) is 5.32 Å². The van der Waals surface area contributed by atoms with E-state index in [0.29, 0.717) is 12.1 Å². The van der Waals surface area contributed by atoms with Crippen molar-refractivity contribution in [2.24, 2.45) is 0 Å². The predicted octanol–water partition coefficient (Wildman–Crippen LogP) is 2.53. The number of carbonyl (C=O) groups is 1. The molecule has 2 rings (SSSR count). The molecule has 0 radical (unpaired) electrons. The lowest BCUT2D eigenvalue weighted by atomic mass is 10.2. The molecule has 4 nitrogen and oxygen atoms in total. The maximum absolute atomic E-state index is 11.8. The Morgan fingerprint density at radius 1 is 1.32 bits per heavy atom. The number of rotatable bonds is 5. The summed E-state index contributed by atoms with van der Waals surface area (Å²) in [5, 5.41) is 2.89. The highest BCUT2D eigenvalue weighted by Gasteiger charge is 2.12. The Hall–Kier alpha value is -2.23. The van der Waals surface area contributed by atoms with Gasteiger partial charge in [0.2, 0.25) is 0 Å². The number of nitrogens with one attached hydrogen (secondary N) is 1. The summed E-state index contributed by atoms with van der Waals surface area (Å²) in [7, 11) is 2.02. The largest absolute Gasteiger partial charge is 0.472 e. The second-order valence-corrected chi connectivity index (χ2v) is 4.52. The summed E-state index contributed by atoms with van der Waals surface area (Å²) in [4.78, 5) is 13.9. The summed E-state index contributed by atoms with van der Waals surface area (Å²) in [6.45, 7) is 2.65. The van der Waals surface area contributed by atoms with Crippen LogP contribution in [0.1, 0.15) is 17.3 Å². The third-order valence-corrected chi connectivity index (χ3v) is 3.17. The van der Waals surface area contributed by atoms with Crippen LogP contribution in [0, 0.1) is 0 Å². The topological polar surface area (TPSA) is 45.5 Å². The molecule has 1 N–H and O–H groups in total. The van der Waals surface area contributed by atoms with E-state index in [1.165, 1.54) is 12.5 Å². The van der Waals surface area contributed by atoms with E-state index in [9.17, 15) is 4.79 Å². The molecule has 2 aromatic rings. The van der Waals surface area contributed by atoms with Crippen molar-refractivity contribution in [2.75, 3.05) is 18.5 Å². The molecule has 1 aromatic carbocycles. The number of benzene rings is 1. The first kappa shape index (κ1) is 13.2. The molecule has 1 heterocycles. The fraction of sp³-hybridized carbons (Fsp3) is 0.267. The van der Waals surface area contributed by atoms with Crippen LogP contribution in [0.3, 0.4) is 0 Å². The van der Waals surface area contributed by atoms with Gasteiger partial charge in [-0.15, -0.1) is 0 Å². The second kappa shape index (κ2) is 6.09. The minimum Gasteiger partial charge on any atom is -0.472 e. The smallest absolute Gasteiger partial charge is 0.254 e. The molecule has 1 amide bonds. The molecule has 4 heteroatoms. The molecule has 0 aliphatic heterocycles. The van der Waals surface area contributed by atoms with Crippen molar-refractivity contribution < 1.29 is 9.21 Å². The van der Waals surface area contributed by atoms with E-state index in [2.05, 4.69) is 17.1 Å². The lowest BCUT2D eigenvalue weighted by Gasteiger charge is -2.27. The van der Waals surface area contributed by atoms with E-state index in [0.717, 1.165) is 5.69 Å². The van der Waals surface area contributed by atoms with E-state index < -0.39 is 0 Å². The van der Waals surface area contributed by atoms with Crippen molar-refractivity contribution in [3.8, 4) is 0 Å². The summed E-state index contributed by atoms with van der Waals surface area (Å²) < 4.78 is 4.89. The Bertz CT molecular complexity index is 508. The number of hydrogen-bond acceptors (Lipinski definition) is 3. The molecule has 1 atom stereocenters. The number of likely N-dealkylation sites (N-methyl/N-ethyl adjacent to an activating group) is 1. The summed E-state index contributed by atoms with van der Waals surface area (Å²) in [6.07, 6.45) is 2.94. The zero-order valence-corrected chi connectivity index (χ0v) is 11.2. The number of para-hydroxylation sites is 1. The normalized spacial score (nSPS) is 11.9. The number of carbonyl (C=O) groups excluding carboxylic acids is 1. The van der Waals surface area contributed by atoms with Crippen molar-refractivity contribution in [3.05, 3.63) is 54.5 Å². The number of amides is 1. The highest BCUT2D eigenvalue weighted by Crippen LogP contribution is 2.13. The average molecular weight is 258 g/mol. The average Bonchev–Trinajstić information content (AvgIpc) is 2.98. The monoisotopic (exact) mass is 258 g/mol. The van der Waals surface area contributed by atoms with Gasteiger partial charge in [-0.2, -0.15) is 0 Å². The fourth-order valence-corrected chi connectivity index (χ4v) is 1.79. The Labute approximate surface area is 113 Å². The third kappa shape index (κ3) is 3.37. The van der Waals surface area contributed by atoms with Crippen LogP contribution >= 0.6 is 0 Å². The maximum Gasteiger partial charge on any atom is 0.254 e. The fourth-order valence-electron chi connectivity index (χ4n) is 1.79. The zero-order chi connectivity index (χ0) is 13.7. The number of furan rings is 1. The van der Waals surface area contributed by atoms with Gasteiger partial charge < -0.3 is 14.6 Å². The molecule has 0 aliphatic rings. The molecular weight excluding hydrogens is 240 g/mol. The summed E-state index contributed by atoms with van der Waals surface area (Å²) >= 11 is 0. The van der Waals surface area contributed by atoms with Crippen LogP contribution in [0.4, 0.5) is 5.69 Å². The van der Waals surface area contributed by atoms with Crippen molar-refractivity contribution in [2.45, 2.75) is 13.0 Å². The van der Waals surface area contributed by atoms with Gasteiger partial charge in [-0.1, -0.05) is 18.2 Å². The Balaban J connectivity index is 1.88. The summed E-state index contributed by atoms with van der Waals surface area (Å²) in [5.74, 6) is -0.109. The Morgan fingerprint density at radius 2 is 2.05 bits per heavy atom. The molecule has 0 saturated heterocycles. The molecule has 1 aromatic heterocycles. The number of nitrogens with zero attached hydrogens (tertiary/aromatic N) is 1. The first-order valence-corrected chi connectivity index (χ1v) is 6.27. The molecule has 0 saturated carbocycles. The molecule has 0 aliphatic carbocycles. The van der Waals surface area contributed by atoms with Gasteiger partial charge in [-0.3, -0.25) is 4.79 Å². The Morgan fingerprint density at radius 3 is 2.68 bits per heavy atom. The first-order chi connectivity index (χ1) is 9.18. The minimum absolute atomic E-state index is 0.109. The molecular formula is C15H18N2O2. The van der Waals surface area contributed by atoms with E-state index in [-0.39, 0.29) is 11.9 Å². The zero-order valence-electron chi connectivity index (χ0n) is 11.2. The van der Waals surface area contributed by atoms with Gasteiger partial charge in [0.15, 0.2) is 0 Å². The van der Waals surface area contributed by atoms with Crippen LogP contribution in [-0.4, -0.2) is 25.5 Å². The highest BCUT2D eigenvalue weighted by molar-refractivity contribution is 5.93. The van der Waals surface area contributed by atoms with Gasteiger partial charge in [0.1, 0.15) is 6.26 Å². The first-order valence-electron chi connectivity index (χ1n) is 6.27. The quantitative estimate of drug-likeness (QED) is 0.896. The molecule has 0 bridgehead atoms. The summed E-state index contributed by atoms with van der Waals surface area (Å²) in [6, 6.07) is 12.0. The van der Waals surface area contributed by atoms with Crippen LogP contribution < -0.4 is 10.2 Å². The van der Waals surface area contributed by atoms with Gasteiger partial charge >= 0.3 is 0 Å². The standard InChI is InChI=1S/C15H18N2O2/c1-12(17(2)14-6-4-3-5-7-14)10-16-15(18)13-8-9-19-11-13/h3-9,11-12H,10H2,1-2H3,(H,16,18)/t12-/m0/s1. The maximum atomic E-state index is 11.8. The lowest BCUT2D eigenvalue weighted by Crippen LogP contribution is -2.40. The van der Waals surface area contributed by atoms with Crippen LogP contribution in [-0.2, 0) is 0 Å². The van der Waals surface area contributed by atoms with E-state index >= 15 is 0 Å². The van der Waals surface area contributed by atoms with E-state index in [1.54, 1.807) is 6.07 Å². The van der Waals surface area contributed by atoms with Crippen molar-refractivity contribution in [3.63, 3.8) is 0 Å². The Kier molecular flexibility index (Phi) is 4.23. The molecule has 0 unspecified atom stereocenters. The summed E-state index contributed by atoms with van der Waals surface area (Å²) in [5.41, 5.74) is 1.68. The van der Waals surface area contributed by atoms with Gasteiger partial charge in [-0.25, -0.2) is 0 Å². The number of anilines is 1. The highest BCUT2D eigenvalue weighted by atomic mass is 16.3. The molecule has 0 fully saturated rings. The van der Waals surface area contributed by atoms with E-state index in [4.69, 9.17) is 4.42 Å². The van der Waals surface area contributed by atoms with Crippen LogP contribution in [0.2, 0.25) is 0 Å². The van der Waals surface area contributed by atoms with Crippen LogP contribution in [0.25, 0.3) is 0 Å². The van der Waals surface area contributed by atoms with Crippen LogP contribution in [0.5, 0.6) is 0 Å². The molecule has 19 heavy (non-hydrogen) atoms. The van der Waals surface area contributed by atoms with Crippen molar-refractivity contribution in [1.29, 1.82) is 0 Å². The van der Waals surface area contributed by atoms with Gasteiger partial charge in [0, 0.05) is 25.3 Å². The van der Waals surface area contributed by atoms with Gasteiger partial charge in [0.25, 0.3) is 5.91 Å². The predicted molar refractivity (Wildman–Crippen MR) is 75.3 cm³/mol. The lowest BCUT2D eigenvalue weighted by molar-refractivity contribution is 0.0951.